The minimum atomic E-state index is 0.0943. The van der Waals surface area contributed by atoms with Crippen molar-refractivity contribution in [3.8, 4) is 16.2 Å². The third-order valence-corrected chi connectivity index (χ3v) is 5.87. The normalized spacial score (nSPS) is 14.6. The van der Waals surface area contributed by atoms with Crippen molar-refractivity contribution in [3.63, 3.8) is 0 Å². The van der Waals surface area contributed by atoms with Crippen molar-refractivity contribution in [2.45, 2.75) is 13.0 Å². The van der Waals surface area contributed by atoms with Crippen LogP contribution in [0.5, 0.6) is 5.75 Å². The van der Waals surface area contributed by atoms with Gasteiger partial charge in [-0.2, -0.15) is 0 Å². The number of hydrogen-bond donors (Lipinski definition) is 0. The second-order valence-corrected chi connectivity index (χ2v) is 7.14. The maximum absolute atomic E-state index is 13.0. The first-order valence-electron chi connectivity index (χ1n) is 8.06. The van der Waals surface area contributed by atoms with Gasteiger partial charge in [-0.05, 0) is 36.2 Å². The standard InChI is InChI=1S/C20H15NO2S/c22-20(21-10-9-13-5-1-3-7-16(13)21)18-11-14-12-23-17-8-4-2-6-15(17)19(14)24-18/h1-8,11H,9-10,12H2. The van der Waals surface area contributed by atoms with E-state index in [0.29, 0.717) is 6.61 Å². The van der Waals surface area contributed by atoms with Gasteiger partial charge in [0.05, 0.1) is 4.88 Å². The number of nitrogens with zero attached hydrogens (tertiary/aromatic N) is 1. The fourth-order valence-electron chi connectivity index (χ4n) is 3.49. The monoisotopic (exact) mass is 333 g/mol. The second kappa shape index (κ2) is 5.21. The number of anilines is 1. The zero-order valence-corrected chi connectivity index (χ0v) is 13.8. The molecule has 3 aromatic rings. The molecule has 1 aromatic heterocycles. The van der Waals surface area contributed by atoms with Crippen LogP contribution in [0.4, 0.5) is 5.69 Å². The molecule has 2 aliphatic heterocycles. The van der Waals surface area contributed by atoms with Crippen molar-refractivity contribution < 1.29 is 9.53 Å². The molecule has 2 aromatic carbocycles. The summed E-state index contributed by atoms with van der Waals surface area (Å²) in [5.41, 5.74) is 4.49. The summed E-state index contributed by atoms with van der Waals surface area (Å²) in [4.78, 5) is 16.9. The van der Waals surface area contributed by atoms with Gasteiger partial charge >= 0.3 is 0 Å². The third-order valence-electron chi connectivity index (χ3n) is 4.67. The Kier molecular flexibility index (Phi) is 3.00. The van der Waals surface area contributed by atoms with Gasteiger partial charge in [0.15, 0.2) is 0 Å². The van der Waals surface area contributed by atoms with E-state index >= 15 is 0 Å². The summed E-state index contributed by atoms with van der Waals surface area (Å²) in [7, 11) is 0. The highest BCUT2D eigenvalue weighted by Gasteiger charge is 2.28. The average molecular weight is 333 g/mol. The van der Waals surface area contributed by atoms with Gasteiger partial charge < -0.3 is 9.64 Å². The molecule has 0 bridgehead atoms. The summed E-state index contributed by atoms with van der Waals surface area (Å²) in [5.74, 6) is 0.995. The molecule has 118 valence electrons. The molecule has 3 heterocycles. The van der Waals surface area contributed by atoms with Crippen LogP contribution in [0.2, 0.25) is 0 Å². The Bertz CT molecular complexity index is 960. The van der Waals surface area contributed by atoms with Gasteiger partial charge in [-0.25, -0.2) is 0 Å². The van der Waals surface area contributed by atoms with Crippen molar-refractivity contribution in [1.29, 1.82) is 0 Å². The van der Waals surface area contributed by atoms with Gasteiger partial charge in [-0.15, -0.1) is 11.3 Å². The number of carbonyl (C=O) groups excluding carboxylic acids is 1. The highest BCUT2D eigenvalue weighted by atomic mass is 32.1. The van der Waals surface area contributed by atoms with Crippen LogP contribution in [0.1, 0.15) is 20.8 Å². The molecule has 1 amide bonds. The lowest BCUT2D eigenvalue weighted by Crippen LogP contribution is -2.28. The molecule has 0 fully saturated rings. The van der Waals surface area contributed by atoms with Crippen molar-refractivity contribution in [2.75, 3.05) is 11.4 Å². The lowest BCUT2D eigenvalue weighted by Gasteiger charge is -2.16. The molecule has 24 heavy (non-hydrogen) atoms. The molecule has 0 aliphatic carbocycles. The maximum atomic E-state index is 13.0. The number of ether oxygens (including phenoxy) is 1. The van der Waals surface area contributed by atoms with Crippen molar-refractivity contribution in [2.24, 2.45) is 0 Å². The summed E-state index contributed by atoms with van der Waals surface area (Å²) in [6.07, 6.45) is 0.930. The van der Waals surface area contributed by atoms with Crippen LogP contribution in [-0.4, -0.2) is 12.5 Å². The van der Waals surface area contributed by atoms with Gasteiger partial charge in [0.2, 0.25) is 0 Å². The Hall–Kier alpha value is -2.59. The third kappa shape index (κ3) is 2.00. The van der Waals surface area contributed by atoms with E-state index in [0.717, 1.165) is 45.3 Å². The number of hydrogen-bond acceptors (Lipinski definition) is 3. The molecule has 4 heteroatoms. The van der Waals surface area contributed by atoms with Crippen LogP contribution in [-0.2, 0) is 13.0 Å². The number of rotatable bonds is 1. The molecule has 0 N–H and O–H groups in total. The second-order valence-electron chi connectivity index (χ2n) is 6.09. The van der Waals surface area contributed by atoms with Crippen LogP contribution >= 0.6 is 11.3 Å². The highest BCUT2D eigenvalue weighted by Crippen LogP contribution is 2.43. The molecule has 3 nitrogen and oxygen atoms in total. The van der Waals surface area contributed by atoms with E-state index in [9.17, 15) is 4.79 Å². The molecule has 0 spiro atoms. The van der Waals surface area contributed by atoms with Gasteiger partial charge in [-0.3, -0.25) is 4.79 Å². The summed E-state index contributed by atoms with van der Waals surface area (Å²) >= 11 is 1.58. The summed E-state index contributed by atoms with van der Waals surface area (Å²) in [5, 5.41) is 0. The molecule has 0 unspecified atom stereocenters. The largest absolute Gasteiger partial charge is 0.488 e. The summed E-state index contributed by atoms with van der Waals surface area (Å²) in [6, 6.07) is 18.2. The van der Waals surface area contributed by atoms with E-state index in [2.05, 4.69) is 12.1 Å². The van der Waals surface area contributed by atoms with E-state index in [1.165, 1.54) is 5.56 Å². The van der Waals surface area contributed by atoms with E-state index < -0.39 is 0 Å². The van der Waals surface area contributed by atoms with Gasteiger partial charge in [0.25, 0.3) is 5.91 Å². The molecule has 0 radical (unpaired) electrons. The average Bonchev–Trinajstić information content (AvgIpc) is 3.25. The van der Waals surface area contributed by atoms with Gasteiger partial charge in [0, 0.05) is 28.2 Å². The van der Waals surface area contributed by atoms with Crippen molar-refractivity contribution in [1.82, 2.24) is 0 Å². The quantitative estimate of drug-likeness (QED) is 0.656. The Morgan fingerprint density at radius 2 is 1.88 bits per heavy atom. The maximum Gasteiger partial charge on any atom is 0.268 e. The van der Waals surface area contributed by atoms with E-state index in [1.54, 1.807) is 11.3 Å². The van der Waals surface area contributed by atoms with Crippen molar-refractivity contribution >= 4 is 22.9 Å². The van der Waals surface area contributed by atoms with E-state index in [1.807, 2.05) is 47.4 Å². The number of benzene rings is 2. The lowest BCUT2D eigenvalue weighted by molar-refractivity contribution is 0.0993. The van der Waals surface area contributed by atoms with Crippen LogP contribution in [0.15, 0.2) is 54.6 Å². The Morgan fingerprint density at radius 3 is 2.83 bits per heavy atom. The Morgan fingerprint density at radius 1 is 1.04 bits per heavy atom. The molecule has 2 aliphatic rings. The van der Waals surface area contributed by atoms with Crippen LogP contribution in [0, 0.1) is 0 Å². The summed E-state index contributed by atoms with van der Waals surface area (Å²) in [6.45, 7) is 1.29. The molecule has 0 atom stereocenters. The molecule has 0 saturated carbocycles. The number of carbonyl (C=O) groups is 1. The topological polar surface area (TPSA) is 29.5 Å². The predicted octanol–water partition coefficient (Wildman–Crippen LogP) is 4.51. The van der Waals surface area contributed by atoms with Gasteiger partial charge in [0.1, 0.15) is 12.4 Å². The number of fused-ring (bicyclic) bond motifs is 4. The van der Waals surface area contributed by atoms with Gasteiger partial charge in [-0.1, -0.05) is 30.3 Å². The van der Waals surface area contributed by atoms with E-state index in [-0.39, 0.29) is 5.91 Å². The highest BCUT2D eigenvalue weighted by molar-refractivity contribution is 7.17. The first kappa shape index (κ1) is 13.8. The zero-order chi connectivity index (χ0) is 16.1. The Balaban J connectivity index is 1.54. The van der Waals surface area contributed by atoms with Crippen molar-refractivity contribution in [3.05, 3.63) is 70.6 Å². The molecule has 5 rings (SSSR count). The first-order valence-corrected chi connectivity index (χ1v) is 8.87. The SMILES string of the molecule is O=C(c1cc2c(s1)-c1ccccc1OC2)N1CCc2ccccc21. The van der Waals surface area contributed by atoms with Crippen LogP contribution in [0.25, 0.3) is 10.4 Å². The molecular formula is C20H15NO2S. The lowest BCUT2D eigenvalue weighted by atomic mass is 10.1. The fourth-order valence-corrected chi connectivity index (χ4v) is 4.63. The fraction of sp³-hybridized carbons (Fsp3) is 0.150. The minimum Gasteiger partial charge on any atom is -0.488 e. The molecule has 0 saturated heterocycles. The predicted molar refractivity (Wildman–Crippen MR) is 95.9 cm³/mol. The minimum absolute atomic E-state index is 0.0943. The van der Waals surface area contributed by atoms with E-state index in [4.69, 9.17) is 4.74 Å². The Labute approximate surface area is 144 Å². The smallest absolute Gasteiger partial charge is 0.268 e. The number of para-hydroxylation sites is 2. The van der Waals surface area contributed by atoms with Crippen LogP contribution in [0.3, 0.4) is 0 Å². The zero-order valence-electron chi connectivity index (χ0n) is 13.0. The number of amides is 1. The van der Waals surface area contributed by atoms with Crippen LogP contribution < -0.4 is 9.64 Å². The molecular weight excluding hydrogens is 318 g/mol. The number of thiophene rings is 1. The summed E-state index contributed by atoms with van der Waals surface area (Å²) < 4.78 is 5.81. The first-order chi connectivity index (χ1) is 11.8.